The number of nitrogens with zero attached hydrogens (tertiary/aromatic N) is 2. The van der Waals surface area contributed by atoms with Crippen LogP contribution in [0.15, 0.2) is 29.2 Å². The zero-order valence-electron chi connectivity index (χ0n) is 13.9. The lowest BCUT2D eigenvalue weighted by Crippen LogP contribution is -2.61. The topological polar surface area (TPSA) is 69.7 Å². The fourth-order valence-corrected chi connectivity index (χ4v) is 6.04. The molecule has 2 heterocycles. The van der Waals surface area contributed by atoms with E-state index in [9.17, 15) is 13.2 Å². The Bertz CT molecular complexity index is 723. The molecule has 2 aliphatic rings. The third kappa shape index (κ3) is 3.55. The van der Waals surface area contributed by atoms with E-state index >= 15 is 0 Å². The summed E-state index contributed by atoms with van der Waals surface area (Å²) in [6.45, 7) is 4.11. The molecule has 2 aliphatic heterocycles. The van der Waals surface area contributed by atoms with Crippen molar-refractivity contribution in [2.75, 3.05) is 42.7 Å². The smallest absolute Gasteiger partial charge is 0.318 e. The number of thioether (sulfide) groups is 1. The van der Waals surface area contributed by atoms with E-state index in [0.717, 1.165) is 17.1 Å². The van der Waals surface area contributed by atoms with Gasteiger partial charge in [-0.25, -0.2) is 13.2 Å². The van der Waals surface area contributed by atoms with Crippen molar-refractivity contribution in [3.8, 4) is 0 Å². The van der Waals surface area contributed by atoms with Crippen LogP contribution in [0.1, 0.15) is 6.92 Å². The number of amides is 2. The Hall–Kier alpha value is -1.25. The number of hydrogen-bond donors (Lipinski definition) is 1. The molecule has 0 aliphatic carbocycles. The highest BCUT2D eigenvalue weighted by Crippen LogP contribution is 2.27. The molecule has 2 amide bonds. The van der Waals surface area contributed by atoms with Crippen molar-refractivity contribution in [2.24, 2.45) is 0 Å². The monoisotopic (exact) mass is 369 g/mol. The van der Waals surface area contributed by atoms with Crippen LogP contribution in [0, 0.1) is 0 Å². The molecular weight excluding hydrogens is 346 g/mol. The standard InChI is InChI=1S/C16H23N3O3S2/c1-3-18-7-8-19(15-11-24(21,22)10-14(15)18)16(20)17-12-5-4-6-13(9-12)23-2/h4-6,9,14-15H,3,7-8,10-11H2,1-2H3,(H,17,20)/t14-,15+/m1/s1. The summed E-state index contributed by atoms with van der Waals surface area (Å²) in [5.41, 5.74) is 0.738. The summed E-state index contributed by atoms with van der Waals surface area (Å²) in [6, 6.07) is 7.11. The number of piperazine rings is 1. The second-order valence-corrected chi connectivity index (χ2v) is 9.23. The van der Waals surface area contributed by atoms with Crippen LogP contribution in [0.5, 0.6) is 0 Å². The number of sulfone groups is 1. The lowest BCUT2D eigenvalue weighted by atomic mass is 10.1. The molecule has 0 bridgehead atoms. The zero-order chi connectivity index (χ0) is 17.3. The van der Waals surface area contributed by atoms with Crippen LogP contribution in [-0.2, 0) is 9.84 Å². The number of fused-ring (bicyclic) bond motifs is 1. The quantitative estimate of drug-likeness (QED) is 0.822. The predicted molar refractivity (Wildman–Crippen MR) is 97.4 cm³/mol. The fraction of sp³-hybridized carbons (Fsp3) is 0.562. The Morgan fingerprint density at radius 3 is 2.75 bits per heavy atom. The predicted octanol–water partition coefficient (Wildman–Crippen LogP) is 1.74. The van der Waals surface area contributed by atoms with Gasteiger partial charge < -0.3 is 10.2 Å². The Labute approximate surface area is 147 Å². The van der Waals surface area contributed by atoms with Gasteiger partial charge in [0.1, 0.15) is 0 Å². The van der Waals surface area contributed by atoms with Gasteiger partial charge >= 0.3 is 6.03 Å². The lowest BCUT2D eigenvalue weighted by Gasteiger charge is -2.43. The minimum Gasteiger partial charge on any atom is -0.318 e. The third-order valence-electron chi connectivity index (χ3n) is 4.78. The summed E-state index contributed by atoms with van der Waals surface area (Å²) in [7, 11) is -3.09. The molecule has 132 valence electrons. The molecule has 2 fully saturated rings. The van der Waals surface area contributed by atoms with Crippen LogP contribution in [0.4, 0.5) is 10.5 Å². The number of carbonyl (C=O) groups excluding carboxylic acids is 1. The molecular formula is C16H23N3O3S2. The molecule has 8 heteroatoms. The van der Waals surface area contributed by atoms with Gasteiger partial charge in [0.15, 0.2) is 9.84 Å². The Morgan fingerprint density at radius 2 is 2.04 bits per heavy atom. The summed E-state index contributed by atoms with van der Waals surface area (Å²) in [6.07, 6.45) is 1.99. The van der Waals surface area contributed by atoms with E-state index in [2.05, 4.69) is 10.2 Å². The summed E-state index contributed by atoms with van der Waals surface area (Å²) in [4.78, 5) is 17.7. The van der Waals surface area contributed by atoms with Crippen molar-refractivity contribution in [3.63, 3.8) is 0 Å². The van der Waals surface area contributed by atoms with E-state index in [-0.39, 0.29) is 29.6 Å². The van der Waals surface area contributed by atoms with Gasteiger partial charge in [-0.1, -0.05) is 13.0 Å². The third-order valence-corrected chi connectivity index (χ3v) is 7.20. The Kier molecular flexibility index (Phi) is 5.08. The average molecular weight is 370 g/mol. The number of hydrogen-bond acceptors (Lipinski definition) is 5. The molecule has 0 spiro atoms. The van der Waals surface area contributed by atoms with Gasteiger partial charge in [-0.2, -0.15) is 0 Å². The van der Waals surface area contributed by atoms with Crippen molar-refractivity contribution < 1.29 is 13.2 Å². The normalized spacial score (nSPS) is 26.2. The van der Waals surface area contributed by atoms with Crippen LogP contribution in [0.2, 0.25) is 0 Å². The van der Waals surface area contributed by atoms with E-state index in [1.165, 1.54) is 0 Å². The van der Waals surface area contributed by atoms with Crippen LogP contribution >= 0.6 is 11.8 Å². The minimum absolute atomic E-state index is 0.0619. The van der Waals surface area contributed by atoms with E-state index in [4.69, 9.17) is 0 Å². The number of likely N-dealkylation sites (N-methyl/N-ethyl adjacent to an activating group) is 1. The number of rotatable bonds is 3. The van der Waals surface area contributed by atoms with Crippen LogP contribution in [-0.4, -0.2) is 73.7 Å². The molecule has 0 saturated carbocycles. The number of nitrogens with one attached hydrogen (secondary N) is 1. The first kappa shape index (κ1) is 17.6. The molecule has 6 nitrogen and oxygen atoms in total. The largest absolute Gasteiger partial charge is 0.322 e. The molecule has 1 N–H and O–H groups in total. The van der Waals surface area contributed by atoms with Crippen LogP contribution < -0.4 is 5.32 Å². The molecule has 24 heavy (non-hydrogen) atoms. The molecule has 3 rings (SSSR count). The van der Waals surface area contributed by atoms with Gasteiger partial charge in [-0.05, 0) is 31.0 Å². The highest BCUT2D eigenvalue weighted by atomic mass is 32.2. The van der Waals surface area contributed by atoms with Gasteiger partial charge in [0.25, 0.3) is 0 Å². The lowest BCUT2D eigenvalue weighted by molar-refractivity contribution is 0.0744. The maximum atomic E-state index is 12.7. The SMILES string of the molecule is CCN1CCN(C(=O)Nc2cccc(SC)c2)[C@H]2CS(=O)(=O)C[C@H]21. The summed E-state index contributed by atoms with van der Waals surface area (Å²) in [5.74, 6) is 0.212. The Morgan fingerprint density at radius 1 is 1.29 bits per heavy atom. The first-order chi connectivity index (χ1) is 11.4. The summed E-state index contributed by atoms with van der Waals surface area (Å²) < 4.78 is 24.2. The van der Waals surface area contributed by atoms with E-state index in [1.54, 1.807) is 16.7 Å². The van der Waals surface area contributed by atoms with Crippen molar-refractivity contribution >= 4 is 33.3 Å². The molecule has 1 aromatic carbocycles. The molecule has 0 aromatic heterocycles. The molecule has 1 aromatic rings. The molecule has 0 radical (unpaired) electrons. The number of benzene rings is 1. The maximum absolute atomic E-state index is 12.7. The average Bonchev–Trinajstić information content (AvgIpc) is 2.88. The van der Waals surface area contributed by atoms with E-state index in [1.807, 2.05) is 37.4 Å². The number of carbonyl (C=O) groups is 1. The Balaban J connectivity index is 1.77. The van der Waals surface area contributed by atoms with Crippen molar-refractivity contribution in [1.29, 1.82) is 0 Å². The number of urea groups is 1. The summed E-state index contributed by atoms with van der Waals surface area (Å²) in [5, 5.41) is 2.92. The maximum Gasteiger partial charge on any atom is 0.322 e. The molecule has 2 atom stereocenters. The second kappa shape index (κ2) is 6.93. The minimum atomic E-state index is -3.09. The van der Waals surface area contributed by atoms with Gasteiger partial charge in [0, 0.05) is 29.7 Å². The second-order valence-electron chi connectivity index (χ2n) is 6.20. The van der Waals surface area contributed by atoms with Gasteiger partial charge in [-0.15, -0.1) is 11.8 Å². The first-order valence-corrected chi connectivity index (χ1v) is 11.1. The van der Waals surface area contributed by atoms with Crippen molar-refractivity contribution in [2.45, 2.75) is 23.9 Å². The van der Waals surface area contributed by atoms with E-state index in [0.29, 0.717) is 13.1 Å². The molecule has 0 unspecified atom stereocenters. The number of anilines is 1. The highest BCUT2D eigenvalue weighted by molar-refractivity contribution is 7.98. The van der Waals surface area contributed by atoms with Crippen LogP contribution in [0.3, 0.4) is 0 Å². The van der Waals surface area contributed by atoms with E-state index < -0.39 is 9.84 Å². The van der Waals surface area contributed by atoms with Crippen molar-refractivity contribution in [1.82, 2.24) is 9.80 Å². The summed E-state index contributed by atoms with van der Waals surface area (Å²) >= 11 is 1.61. The van der Waals surface area contributed by atoms with Crippen molar-refractivity contribution in [3.05, 3.63) is 24.3 Å². The molecule has 2 saturated heterocycles. The van der Waals surface area contributed by atoms with Gasteiger partial charge in [-0.3, -0.25) is 4.90 Å². The van der Waals surface area contributed by atoms with Gasteiger partial charge in [0.05, 0.1) is 17.5 Å². The highest BCUT2D eigenvalue weighted by Gasteiger charge is 2.47. The zero-order valence-corrected chi connectivity index (χ0v) is 15.6. The fourth-order valence-electron chi connectivity index (χ4n) is 3.57. The van der Waals surface area contributed by atoms with Gasteiger partial charge in [0.2, 0.25) is 0 Å². The van der Waals surface area contributed by atoms with Crippen LogP contribution in [0.25, 0.3) is 0 Å². The first-order valence-electron chi connectivity index (χ1n) is 8.09.